The standard InChI is InChI=1S/C10H9FOS/c11-8-1-2-9-7(6-12)3-4-13-10(9)5-8/h1-2,5-7H,3-4H2. The zero-order chi connectivity index (χ0) is 9.26. The lowest BCUT2D eigenvalue weighted by atomic mass is 9.97. The van der Waals surface area contributed by atoms with Crippen LogP contribution in [0, 0.1) is 5.82 Å². The summed E-state index contributed by atoms with van der Waals surface area (Å²) in [5.74, 6) is 0.648. The third-order valence-electron chi connectivity index (χ3n) is 2.23. The minimum Gasteiger partial charge on any atom is -0.303 e. The Balaban J connectivity index is 2.45. The van der Waals surface area contributed by atoms with Crippen LogP contribution in [0.1, 0.15) is 17.9 Å². The summed E-state index contributed by atoms with van der Waals surface area (Å²) in [5, 5.41) is 0. The van der Waals surface area contributed by atoms with Crippen molar-refractivity contribution in [3.63, 3.8) is 0 Å². The van der Waals surface area contributed by atoms with Gasteiger partial charge in [0, 0.05) is 10.8 Å². The molecule has 0 aliphatic carbocycles. The average Bonchev–Trinajstić information content (AvgIpc) is 2.16. The fourth-order valence-electron chi connectivity index (χ4n) is 1.53. The summed E-state index contributed by atoms with van der Waals surface area (Å²) in [4.78, 5) is 11.6. The molecule has 0 saturated carbocycles. The van der Waals surface area contributed by atoms with Crippen LogP contribution in [0.3, 0.4) is 0 Å². The first kappa shape index (κ1) is 8.75. The summed E-state index contributed by atoms with van der Waals surface area (Å²) in [6.45, 7) is 0. The van der Waals surface area contributed by atoms with E-state index in [4.69, 9.17) is 0 Å². The maximum Gasteiger partial charge on any atom is 0.127 e. The van der Waals surface area contributed by atoms with Gasteiger partial charge in [-0.15, -0.1) is 11.8 Å². The monoisotopic (exact) mass is 196 g/mol. The first-order valence-corrected chi connectivity index (χ1v) is 5.17. The summed E-state index contributed by atoms with van der Waals surface area (Å²) in [7, 11) is 0. The molecule has 1 aliphatic rings. The van der Waals surface area contributed by atoms with Gasteiger partial charge in [0.2, 0.25) is 0 Å². The van der Waals surface area contributed by atoms with E-state index in [9.17, 15) is 9.18 Å². The van der Waals surface area contributed by atoms with Crippen molar-refractivity contribution in [1.82, 2.24) is 0 Å². The first-order valence-electron chi connectivity index (χ1n) is 4.19. The molecule has 0 fully saturated rings. The minimum atomic E-state index is -0.224. The summed E-state index contributed by atoms with van der Waals surface area (Å²) in [6, 6.07) is 4.65. The number of hydrogen-bond acceptors (Lipinski definition) is 2. The van der Waals surface area contributed by atoms with Gasteiger partial charge in [0.15, 0.2) is 0 Å². The molecule has 1 atom stereocenters. The van der Waals surface area contributed by atoms with E-state index in [1.54, 1.807) is 17.8 Å². The van der Waals surface area contributed by atoms with Gasteiger partial charge in [-0.2, -0.15) is 0 Å². The largest absolute Gasteiger partial charge is 0.303 e. The van der Waals surface area contributed by atoms with E-state index in [1.165, 1.54) is 12.1 Å². The van der Waals surface area contributed by atoms with E-state index < -0.39 is 0 Å². The molecule has 0 N–H and O–H groups in total. The average molecular weight is 196 g/mol. The van der Waals surface area contributed by atoms with Crippen LogP contribution in [0.4, 0.5) is 4.39 Å². The molecule has 0 radical (unpaired) electrons. The van der Waals surface area contributed by atoms with Crippen molar-refractivity contribution in [1.29, 1.82) is 0 Å². The van der Waals surface area contributed by atoms with Crippen LogP contribution in [0.25, 0.3) is 0 Å². The molecule has 1 aromatic carbocycles. The van der Waals surface area contributed by atoms with E-state index in [1.807, 2.05) is 0 Å². The van der Waals surface area contributed by atoms with Crippen LogP contribution in [-0.4, -0.2) is 12.0 Å². The van der Waals surface area contributed by atoms with Crippen molar-refractivity contribution in [3.05, 3.63) is 29.6 Å². The van der Waals surface area contributed by atoms with Gasteiger partial charge >= 0.3 is 0 Å². The molecule has 0 aromatic heterocycles. The van der Waals surface area contributed by atoms with Crippen LogP contribution >= 0.6 is 11.8 Å². The second kappa shape index (κ2) is 3.50. The van der Waals surface area contributed by atoms with E-state index in [-0.39, 0.29) is 11.7 Å². The van der Waals surface area contributed by atoms with E-state index >= 15 is 0 Å². The SMILES string of the molecule is O=CC1CCSc2cc(F)ccc21. The molecular weight excluding hydrogens is 187 g/mol. The molecule has 68 valence electrons. The smallest absolute Gasteiger partial charge is 0.127 e. The lowest BCUT2D eigenvalue weighted by Crippen LogP contribution is -2.08. The maximum absolute atomic E-state index is 12.8. The number of halogens is 1. The topological polar surface area (TPSA) is 17.1 Å². The van der Waals surface area contributed by atoms with Gasteiger partial charge < -0.3 is 4.79 Å². The number of benzene rings is 1. The minimum absolute atomic E-state index is 0.0307. The fourth-order valence-corrected chi connectivity index (χ4v) is 2.71. The summed E-state index contributed by atoms with van der Waals surface area (Å²) >= 11 is 1.62. The van der Waals surface area contributed by atoms with Gasteiger partial charge in [0.05, 0.1) is 0 Å². The quantitative estimate of drug-likeness (QED) is 0.642. The van der Waals surface area contributed by atoms with Crippen molar-refractivity contribution in [2.24, 2.45) is 0 Å². The molecule has 1 unspecified atom stereocenters. The van der Waals surface area contributed by atoms with Gasteiger partial charge in [-0.1, -0.05) is 6.07 Å². The number of thioether (sulfide) groups is 1. The molecular formula is C10H9FOS. The van der Waals surface area contributed by atoms with Crippen molar-refractivity contribution in [3.8, 4) is 0 Å². The predicted molar refractivity (Wildman–Crippen MR) is 50.5 cm³/mol. The summed E-state index contributed by atoms with van der Waals surface area (Å²) in [5.41, 5.74) is 0.979. The number of fused-ring (bicyclic) bond motifs is 1. The first-order chi connectivity index (χ1) is 6.31. The Labute approximate surface area is 80.3 Å². The molecule has 2 rings (SSSR count). The Kier molecular flexibility index (Phi) is 2.36. The van der Waals surface area contributed by atoms with Crippen LogP contribution in [0.2, 0.25) is 0 Å². The van der Waals surface area contributed by atoms with Gasteiger partial charge in [0.1, 0.15) is 12.1 Å². The zero-order valence-corrected chi connectivity index (χ0v) is 7.81. The van der Waals surface area contributed by atoms with Crippen molar-refractivity contribution < 1.29 is 9.18 Å². The third-order valence-corrected chi connectivity index (χ3v) is 3.33. The Morgan fingerprint density at radius 2 is 2.38 bits per heavy atom. The van der Waals surface area contributed by atoms with Crippen LogP contribution in [0.15, 0.2) is 23.1 Å². The van der Waals surface area contributed by atoms with E-state index in [0.717, 1.165) is 28.9 Å². The molecule has 1 aromatic rings. The van der Waals surface area contributed by atoms with Crippen LogP contribution in [-0.2, 0) is 4.79 Å². The van der Waals surface area contributed by atoms with Crippen LogP contribution in [0.5, 0.6) is 0 Å². The Bertz CT molecular complexity index is 338. The normalized spacial score (nSPS) is 20.8. The van der Waals surface area contributed by atoms with Gasteiger partial charge in [-0.05, 0) is 29.9 Å². The number of hydrogen-bond donors (Lipinski definition) is 0. The summed E-state index contributed by atoms with van der Waals surface area (Å²) in [6.07, 6.45) is 1.82. The lowest BCUT2D eigenvalue weighted by Gasteiger charge is -2.20. The van der Waals surface area contributed by atoms with E-state index in [0.29, 0.717) is 0 Å². The molecule has 0 bridgehead atoms. The lowest BCUT2D eigenvalue weighted by molar-refractivity contribution is -0.109. The maximum atomic E-state index is 12.8. The Morgan fingerprint density at radius 3 is 3.15 bits per heavy atom. The van der Waals surface area contributed by atoms with Crippen LogP contribution < -0.4 is 0 Å². The van der Waals surface area contributed by atoms with Gasteiger partial charge in [-0.25, -0.2) is 4.39 Å². The molecule has 1 aliphatic heterocycles. The number of aldehydes is 1. The van der Waals surface area contributed by atoms with Crippen molar-refractivity contribution >= 4 is 18.0 Å². The zero-order valence-electron chi connectivity index (χ0n) is 7.00. The number of carbonyl (C=O) groups excluding carboxylic acids is 1. The molecule has 0 saturated heterocycles. The van der Waals surface area contributed by atoms with Crippen molar-refractivity contribution in [2.75, 3.05) is 5.75 Å². The molecule has 0 amide bonds. The highest BCUT2D eigenvalue weighted by Gasteiger charge is 2.19. The second-order valence-corrected chi connectivity index (χ2v) is 4.20. The Morgan fingerprint density at radius 1 is 1.54 bits per heavy atom. The number of rotatable bonds is 1. The molecule has 0 spiro atoms. The summed E-state index contributed by atoms with van der Waals surface area (Å²) < 4.78 is 12.8. The van der Waals surface area contributed by atoms with Crippen molar-refractivity contribution in [2.45, 2.75) is 17.2 Å². The molecule has 13 heavy (non-hydrogen) atoms. The molecule has 1 heterocycles. The highest BCUT2D eigenvalue weighted by molar-refractivity contribution is 7.99. The molecule has 3 heteroatoms. The highest BCUT2D eigenvalue weighted by Crippen LogP contribution is 2.36. The fraction of sp³-hybridized carbons (Fsp3) is 0.300. The molecule has 1 nitrogen and oxygen atoms in total. The van der Waals surface area contributed by atoms with Gasteiger partial charge in [0.25, 0.3) is 0 Å². The van der Waals surface area contributed by atoms with Gasteiger partial charge in [-0.3, -0.25) is 0 Å². The van der Waals surface area contributed by atoms with E-state index in [2.05, 4.69) is 0 Å². The predicted octanol–water partition coefficient (Wildman–Crippen LogP) is 2.60. The highest BCUT2D eigenvalue weighted by atomic mass is 32.2. The Hall–Kier alpha value is -0.830. The second-order valence-electron chi connectivity index (χ2n) is 3.06. The third kappa shape index (κ3) is 1.61. The number of carbonyl (C=O) groups is 1.